The van der Waals surface area contributed by atoms with Crippen LogP contribution in [0.25, 0.3) is 0 Å². The molecule has 3 nitrogen and oxygen atoms in total. The summed E-state index contributed by atoms with van der Waals surface area (Å²) in [7, 11) is 0. The molecule has 2 aliphatic rings. The molecule has 0 aromatic carbocycles. The monoisotopic (exact) mass is 240 g/mol. The van der Waals surface area contributed by atoms with Gasteiger partial charge in [-0.05, 0) is 38.8 Å². The van der Waals surface area contributed by atoms with Crippen molar-refractivity contribution in [2.45, 2.75) is 57.5 Å². The highest BCUT2D eigenvalue weighted by Gasteiger charge is 2.21. The predicted molar refractivity (Wildman–Crippen MR) is 71.3 cm³/mol. The quantitative estimate of drug-likeness (QED) is 0.813. The topological polar surface area (TPSA) is 24.5 Å². The number of nitrogens with one attached hydrogen (secondary N) is 1. The average molecular weight is 240 g/mol. The van der Waals surface area contributed by atoms with Crippen LogP contribution in [0.5, 0.6) is 0 Å². The maximum absolute atomic E-state index is 5.52. The third-order valence-electron chi connectivity index (χ3n) is 4.23. The highest BCUT2D eigenvalue weighted by molar-refractivity contribution is 4.77. The second-order valence-electron chi connectivity index (χ2n) is 5.46. The van der Waals surface area contributed by atoms with E-state index >= 15 is 0 Å². The zero-order chi connectivity index (χ0) is 11.9. The summed E-state index contributed by atoms with van der Waals surface area (Å²) in [6.45, 7) is 7.72. The Balaban J connectivity index is 1.74. The van der Waals surface area contributed by atoms with Crippen LogP contribution in [-0.4, -0.2) is 49.8 Å². The minimum absolute atomic E-state index is 0.588. The van der Waals surface area contributed by atoms with Gasteiger partial charge in [0.25, 0.3) is 0 Å². The van der Waals surface area contributed by atoms with Gasteiger partial charge >= 0.3 is 0 Å². The number of likely N-dealkylation sites (tertiary alicyclic amines) is 1. The van der Waals surface area contributed by atoms with E-state index in [1.807, 2.05) is 0 Å². The van der Waals surface area contributed by atoms with Crippen molar-refractivity contribution in [1.29, 1.82) is 0 Å². The molecule has 0 aromatic heterocycles. The lowest BCUT2D eigenvalue weighted by atomic mass is 10.1. The molecule has 2 heterocycles. The summed E-state index contributed by atoms with van der Waals surface area (Å²) < 4.78 is 5.52. The molecule has 2 atom stereocenters. The Morgan fingerprint density at radius 1 is 1.29 bits per heavy atom. The number of morpholine rings is 1. The molecule has 100 valence electrons. The first-order chi connectivity index (χ1) is 8.40. The Hall–Kier alpha value is -0.120. The van der Waals surface area contributed by atoms with Gasteiger partial charge in [0, 0.05) is 18.6 Å². The Labute approximate surface area is 106 Å². The molecule has 0 saturated carbocycles. The van der Waals surface area contributed by atoms with Crippen molar-refractivity contribution in [3.8, 4) is 0 Å². The summed E-state index contributed by atoms with van der Waals surface area (Å²) in [5, 5.41) is 3.56. The molecule has 2 fully saturated rings. The van der Waals surface area contributed by atoms with E-state index in [2.05, 4.69) is 17.1 Å². The summed E-state index contributed by atoms with van der Waals surface area (Å²) >= 11 is 0. The van der Waals surface area contributed by atoms with Crippen molar-refractivity contribution in [3.05, 3.63) is 0 Å². The van der Waals surface area contributed by atoms with E-state index in [0.29, 0.717) is 6.04 Å². The molecule has 2 aliphatic heterocycles. The molecule has 0 aliphatic carbocycles. The van der Waals surface area contributed by atoms with Crippen molar-refractivity contribution in [2.75, 3.05) is 32.8 Å². The van der Waals surface area contributed by atoms with Gasteiger partial charge in [0.05, 0.1) is 13.2 Å². The van der Waals surface area contributed by atoms with E-state index in [4.69, 9.17) is 4.74 Å². The molecular weight excluding hydrogens is 212 g/mol. The fourth-order valence-corrected chi connectivity index (χ4v) is 3.12. The van der Waals surface area contributed by atoms with E-state index in [0.717, 1.165) is 25.8 Å². The van der Waals surface area contributed by atoms with E-state index in [1.165, 1.54) is 51.6 Å². The lowest BCUT2D eigenvalue weighted by Gasteiger charge is -2.32. The highest BCUT2D eigenvalue weighted by Crippen LogP contribution is 2.19. The SMILES string of the molecule is CCC1CCCCCN1CCC1COCCN1. The summed E-state index contributed by atoms with van der Waals surface area (Å²) in [5.41, 5.74) is 0. The normalized spacial score (nSPS) is 32.3. The number of hydrogen-bond acceptors (Lipinski definition) is 3. The van der Waals surface area contributed by atoms with Gasteiger partial charge in [-0.3, -0.25) is 0 Å². The van der Waals surface area contributed by atoms with E-state index in [1.54, 1.807) is 0 Å². The smallest absolute Gasteiger partial charge is 0.0620 e. The Kier molecular flexibility index (Phi) is 5.75. The molecule has 0 aromatic rings. The van der Waals surface area contributed by atoms with Crippen LogP contribution >= 0.6 is 0 Å². The van der Waals surface area contributed by atoms with Crippen molar-refractivity contribution in [3.63, 3.8) is 0 Å². The molecule has 0 spiro atoms. The largest absolute Gasteiger partial charge is 0.379 e. The molecule has 0 radical (unpaired) electrons. The molecule has 0 amide bonds. The molecule has 2 rings (SSSR count). The van der Waals surface area contributed by atoms with Gasteiger partial charge in [-0.1, -0.05) is 19.8 Å². The molecular formula is C14H28N2O. The van der Waals surface area contributed by atoms with Gasteiger partial charge in [-0.25, -0.2) is 0 Å². The van der Waals surface area contributed by atoms with Crippen LogP contribution in [0.1, 0.15) is 45.4 Å². The van der Waals surface area contributed by atoms with Gasteiger partial charge in [0.1, 0.15) is 0 Å². The van der Waals surface area contributed by atoms with Crippen molar-refractivity contribution in [1.82, 2.24) is 10.2 Å². The maximum atomic E-state index is 5.52. The summed E-state index contributed by atoms with van der Waals surface area (Å²) in [6.07, 6.45) is 8.22. The maximum Gasteiger partial charge on any atom is 0.0620 e. The minimum atomic E-state index is 0.588. The number of rotatable bonds is 4. The zero-order valence-corrected chi connectivity index (χ0v) is 11.3. The van der Waals surface area contributed by atoms with Gasteiger partial charge in [0.2, 0.25) is 0 Å². The predicted octanol–water partition coefficient (Wildman–Crippen LogP) is 2.02. The Morgan fingerprint density at radius 2 is 2.24 bits per heavy atom. The standard InChI is InChI=1S/C14H28N2O/c1-2-14-6-4-3-5-9-16(14)10-7-13-12-17-11-8-15-13/h13-15H,2-12H2,1H3. The van der Waals surface area contributed by atoms with Crippen LogP contribution in [-0.2, 0) is 4.74 Å². The molecule has 3 heteroatoms. The fraction of sp³-hybridized carbons (Fsp3) is 1.00. The van der Waals surface area contributed by atoms with Crippen molar-refractivity contribution >= 4 is 0 Å². The summed E-state index contributed by atoms with van der Waals surface area (Å²) in [6, 6.07) is 1.42. The second-order valence-corrected chi connectivity index (χ2v) is 5.46. The Morgan fingerprint density at radius 3 is 3.00 bits per heavy atom. The first-order valence-electron chi connectivity index (χ1n) is 7.45. The van der Waals surface area contributed by atoms with Crippen molar-refractivity contribution in [2.24, 2.45) is 0 Å². The molecule has 0 bridgehead atoms. The van der Waals surface area contributed by atoms with Crippen LogP contribution in [0, 0.1) is 0 Å². The van der Waals surface area contributed by atoms with Gasteiger partial charge < -0.3 is 15.0 Å². The average Bonchev–Trinajstić information content (AvgIpc) is 2.62. The number of ether oxygens (including phenoxy) is 1. The van der Waals surface area contributed by atoms with Crippen LogP contribution in [0.3, 0.4) is 0 Å². The van der Waals surface area contributed by atoms with Crippen LogP contribution in [0.4, 0.5) is 0 Å². The summed E-state index contributed by atoms with van der Waals surface area (Å²) in [5.74, 6) is 0. The van der Waals surface area contributed by atoms with E-state index in [9.17, 15) is 0 Å². The second kappa shape index (κ2) is 7.34. The number of hydrogen-bond donors (Lipinski definition) is 1. The van der Waals surface area contributed by atoms with E-state index in [-0.39, 0.29) is 0 Å². The first kappa shape index (κ1) is 13.3. The van der Waals surface area contributed by atoms with Gasteiger partial charge in [-0.2, -0.15) is 0 Å². The minimum Gasteiger partial charge on any atom is -0.379 e. The van der Waals surface area contributed by atoms with Gasteiger partial charge in [0.15, 0.2) is 0 Å². The number of nitrogens with zero attached hydrogens (tertiary/aromatic N) is 1. The molecule has 2 saturated heterocycles. The first-order valence-corrected chi connectivity index (χ1v) is 7.45. The van der Waals surface area contributed by atoms with Crippen LogP contribution in [0.2, 0.25) is 0 Å². The van der Waals surface area contributed by atoms with Crippen LogP contribution < -0.4 is 5.32 Å². The fourth-order valence-electron chi connectivity index (χ4n) is 3.12. The molecule has 1 N–H and O–H groups in total. The lowest BCUT2D eigenvalue weighted by molar-refractivity contribution is 0.0671. The molecule has 2 unspecified atom stereocenters. The highest BCUT2D eigenvalue weighted by atomic mass is 16.5. The Bertz CT molecular complexity index is 204. The third-order valence-corrected chi connectivity index (χ3v) is 4.23. The van der Waals surface area contributed by atoms with Crippen molar-refractivity contribution < 1.29 is 4.74 Å². The van der Waals surface area contributed by atoms with Gasteiger partial charge in [-0.15, -0.1) is 0 Å². The zero-order valence-electron chi connectivity index (χ0n) is 11.3. The molecule has 17 heavy (non-hydrogen) atoms. The van der Waals surface area contributed by atoms with E-state index < -0.39 is 0 Å². The summed E-state index contributed by atoms with van der Waals surface area (Å²) in [4.78, 5) is 2.73. The lowest BCUT2D eigenvalue weighted by Crippen LogP contribution is -2.44. The van der Waals surface area contributed by atoms with Crippen LogP contribution in [0.15, 0.2) is 0 Å². The third kappa shape index (κ3) is 4.23.